The van der Waals surface area contributed by atoms with E-state index in [2.05, 4.69) is 10.3 Å². The predicted octanol–water partition coefficient (Wildman–Crippen LogP) is 5.40. The minimum absolute atomic E-state index is 0.127. The fraction of sp³-hybridized carbons (Fsp3) is 0.280. The molecule has 2 aromatic carbocycles. The quantitative estimate of drug-likeness (QED) is 0.372. The molecule has 0 saturated carbocycles. The van der Waals surface area contributed by atoms with Crippen molar-refractivity contribution in [3.63, 3.8) is 0 Å². The number of nitrogens with zero attached hydrogens (tertiary/aromatic N) is 3. The topological polar surface area (TPSA) is 118 Å². The Morgan fingerprint density at radius 2 is 1.74 bits per heavy atom. The van der Waals surface area contributed by atoms with E-state index in [1.165, 1.54) is 11.0 Å². The number of aromatic nitrogens is 1. The zero-order chi connectivity index (χ0) is 24.5. The average molecular weight is 463 g/mol. The van der Waals surface area contributed by atoms with Crippen LogP contribution >= 0.6 is 0 Å². The molecule has 0 unspecified atom stereocenters. The number of carbonyl (C=O) groups is 1. The summed E-state index contributed by atoms with van der Waals surface area (Å²) in [7, 11) is 0. The van der Waals surface area contributed by atoms with Gasteiger partial charge in [0.1, 0.15) is 5.54 Å². The van der Waals surface area contributed by atoms with Gasteiger partial charge >= 0.3 is 11.8 Å². The van der Waals surface area contributed by atoms with Crippen molar-refractivity contribution in [1.29, 1.82) is 0 Å². The molecule has 9 heteroatoms. The van der Waals surface area contributed by atoms with Crippen molar-refractivity contribution in [2.45, 2.75) is 31.8 Å². The van der Waals surface area contributed by atoms with Crippen LogP contribution in [0.3, 0.4) is 0 Å². The standard InChI is InChI=1S/C25H26N4O5/c1-24(2,3)28(23(30)31)25(15-34-16-25)18-9-11-19(12-10-18)26-22-21(29(32)33)14-13-20(27-22)17-7-5-4-6-8-17/h4-14H,15-16H2,1-3H3,(H,26,27)(H,30,31). The number of rotatable bonds is 6. The lowest BCUT2D eigenvalue weighted by atomic mass is 9.83. The normalized spacial score (nSPS) is 14.7. The summed E-state index contributed by atoms with van der Waals surface area (Å²) in [6.07, 6.45) is -1.02. The van der Waals surface area contributed by atoms with E-state index in [1.54, 1.807) is 18.2 Å². The molecule has 2 heterocycles. The van der Waals surface area contributed by atoms with Gasteiger partial charge in [0.25, 0.3) is 0 Å². The van der Waals surface area contributed by atoms with E-state index in [4.69, 9.17) is 4.74 Å². The van der Waals surface area contributed by atoms with Crippen LogP contribution in [-0.2, 0) is 10.3 Å². The molecule has 1 aliphatic heterocycles. The summed E-state index contributed by atoms with van der Waals surface area (Å²) < 4.78 is 5.44. The monoisotopic (exact) mass is 462 g/mol. The molecule has 1 saturated heterocycles. The molecule has 0 bridgehead atoms. The van der Waals surface area contributed by atoms with Crippen LogP contribution < -0.4 is 5.32 Å². The highest BCUT2D eigenvalue weighted by molar-refractivity contribution is 5.71. The Bertz CT molecular complexity index is 1200. The molecule has 2 N–H and O–H groups in total. The highest BCUT2D eigenvalue weighted by atomic mass is 16.6. The minimum Gasteiger partial charge on any atom is -0.465 e. The number of hydrogen-bond donors (Lipinski definition) is 2. The number of amides is 1. The van der Waals surface area contributed by atoms with E-state index in [9.17, 15) is 20.0 Å². The highest BCUT2D eigenvalue weighted by Crippen LogP contribution is 2.41. The Morgan fingerprint density at radius 1 is 1.09 bits per heavy atom. The van der Waals surface area contributed by atoms with E-state index < -0.39 is 22.1 Å². The van der Waals surface area contributed by atoms with Crippen molar-refractivity contribution < 1.29 is 19.6 Å². The number of hydrogen-bond acceptors (Lipinski definition) is 6. The number of carboxylic acid groups (broad SMARTS) is 1. The molecule has 1 amide bonds. The lowest BCUT2D eigenvalue weighted by molar-refractivity contribution is -0.384. The van der Waals surface area contributed by atoms with Gasteiger partial charge in [0.2, 0.25) is 5.82 Å². The van der Waals surface area contributed by atoms with E-state index in [0.29, 0.717) is 11.4 Å². The van der Waals surface area contributed by atoms with Crippen molar-refractivity contribution >= 4 is 23.3 Å². The van der Waals surface area contributed by atoms with Gasteiger partial charge in [-0.1, -0.05) is 42.5 Å². The second-order valence-electron chi connectivity index (χ2n) is 9.20. The van der Waals surface area contributed by atoms with Crippen molar-refractivity contribution in [2.24, 2.45) is 0 Å². The van der Waals surface area contributed by atoms with E-state index in [0.717, 1.165) is 11.1 Å². The van der Waals surface area contributed by atoms with Crippen LogP contribution in [0, 0.1) is 10.1 Å². The Hall–Kier alpha value is -3.98. The Balaban J connectivity index is 1.65. The maximum absolute atomic E-state index is 12.1. The van der Waals surface area contributed by atoms with Crippen molar-refractivity contribution in [2.75, 3.05) is 18.5 Å². The first kappa shape index (κ1) is 23.2. The van der Waals surface area contributed by atoms with E-state index in [1.807, 2.05) is 63.2 Å². The SMILES string of the molecule is CC(C)(C)N(C(=O)O)C1(c2ccc(Nc3nc(-c4ccccc4)ccc3[N+](=O)[O-])cc2)COC1. The molecule has 0 radical (unpaired) electrons. The van der Waals surface area contributed by atoms with Crippen LogP contribution in [0.1, 0.15) is 26.3 Å². The summed E-state index contributed by atoms with van der Waals surface area (Å²) in [6.45, 7) is 6.07. The molecule has 0 aliphatic carbocycles. The first-order valence-corrected chi connectivity index (χ1v) is 10.8. The predicted molar refractivity (Wildman–Crippen MR) is 128 cm³/mol. The molecule has 9 nitrogen and oxygen atoms in total. The number of nitro groups is 1. The number of nitrogens with one attached hydrogen (secondary N) is 1. The van der Waals surface area contributed by atoms with E-state index >= 15 is 0 Å². The van der Waals surface area contributed by atoms with Gasteiger partial charge in [0.15, 0.2) is 0 Å². The number of anilines is 2. The molecule has 1 aromatic heterocycles. The number of ether oxygens (including phenoxy) is 1. The van der Waals surface area contributed by atoms with Crippen LogP contribution in [0.25, 0.3) is 11.3 Å². The first-order valence-electron chi connectivity index (χ1n) is 10.8. The molecule has 176 valence electrons. The molecule has 0 atom stereocenters. The van der Waals surface area contributed by atoms with Gasteiger partial charge < -0.3 is 15.2 Å². The Labute approximate surface area is 197 Å². The fourth-order valence-electron chi connectivity index (χ4n) is 4.29. The largest absolute Gasteiger partial charge is 0.465 e. The molecule has 1 aliphatic rings. The second-order valence-corrected chi connectivity index (χ2v) is 9.20. The Kier molecular flexibility index (Phi) is 5.97. The molecule has 0 spiro atoms. The summed E-state index contributed by atoms with van der Waals surface area (Å²) in [5.41, 5.74) is 1.28. The lowest BCUT2D eigenvalue weighted by Gasteiger charge is -2.53. The van der Waals surface area contributed by atoms with Crippen LogP contribution in [-0.4, -0.2) is 44.8 Å². The molecular weight excluding hydrogens is 436 g/mol. The third-order valence-corrected chi connectivity index (χ3v) is 5.80. The summed E-state index contributed by atoms with van der Waals surface area (Å²) in [5, 5.41) is 24.5. The molecular formula is C25H26N4O5. The van der Waals surface area contributed by atoms with Crippen molar-refractivity contribution in [3.05, 3.63) is 82.4 Å². The van der Waals surface area contributed by atoms with Gasteiger partial charge in [-0.3, -0.25) is 15.0 Å². The third kappa shape index (κ3) is 4.29. The zero-order valence-electron chi connectivity index (χ0n) is 19.2. The summed E-state index contributed by atoms with van der Waals surface area (Å²) in [5.74, 6) is 0.127. The molecule has 1 fully saturated rings. The highest BCUT2D eigenvalue weighted by Gasteiger charge is 2.52. The van der Waals surface area contributed by atoms with Crippen molar-refractivity contribution in [1.82, 2.24) is 9.88 Å². The van der Waals surface area contributed by atoms with Gasteiger partial charge in [-0.2, -0.15) is 0 Å². The number of pyridine rings is 1. The lowest BCUT2D eigenvalue weighted by Crippen LogP contribution is -2.66. The van der Waals surface area contributed by atoms with Crippen molar-refractivity contribution in [3.8, 4) is 11.3 Å². The summed E-state index contributed by atoms with van der Waals surface area (Å²) >= 11 is 0. The summed E-state index contributed by atoms with van der Waals surface area (Å²) in [6, 6.07) is 19.6. The molecule has 34 heavy (non-hydrogen) atoms. The van der Waals surface area contributed by atoms with Gasteiger partial charge in [-0.05, 0) is 44.5 Å². The fourth-order valence-corrected chi connectivity index (χ4v) is 4.29. The number of benzene rings is 2. The van der Waals surface area contributed by atoms with E-state index in [-0.39, 0.29) is 24.7 Å². The smallest absolute Gasteiger partial charge is 0.408 e. The second kappa shape index (κ2) is 8.75. The van der Waals surface area contributed by atoms with Crippen LogP contribution in [0.4, 0.5) is 22.0 Å². The van der Waals surface area contributed by atoms with Gasteiger partial charge in [0, 0.05) is 22.9 Å². The van der Waals surface area contributed by atoms with Crippen LogP contribution in [0.5, 0.6) is 0 Å². The Morgan fingerprint density at radius 3 is 2.24 bits per heavy atom. The van der Waals surface area contributed by atoms with Crippen LogP contribution in [0.2, 0.25) is 0 Å². The maximum atomic E-state index is 12.1. The van der Waals surface area contributed by atoms with Gasteiger partial charge in [-0.15, -0.1) is 0 Å². The minimum atomic E-state index is -1.02. The molecule has 4 rings (SSSR count). The van der Waals surface area contributed by atoms with Crippen LogP contribution in [0.15, 0.2) is 66.7 Å². The maximum Gasteiger partial charge on any atom is 0.408 e. The first-order chi connectivity index (χ1) is 16.1. The van der Waals surface area contributed by atoms with Gasteiger partial charge in [0.05, 0.1) is 23.8 Å². The van der Waals surface area contributed by atoms with Gasteiger partial charge in [-0.25, -0.2) is 9.78 Å². The summed E-state index contributed by atoms with van der Waals surface area (Å²) in [4.78, 5) is 29.1. The third-order valence-electron chi connectivity index (χ3n) is 5.80. The zero-order valence-corrected chi connectivity index (χ0v) is 19.2. The average Bonchev–Trinajstić information content (AvgIpc) is 2.76. The molecule has 3 aromatic rings.